The van der Waals surface area contributed by atoms with Gasteiger partial charge in [0.2, 0.25) is 0 Å². The van der Waals surface area contributed by atoms with Crippen LogP contribution in [0.15, 0.2) is 53.1 Å². The summed E-state index contributed by atoms with van der Waals surface area (Å²) < 4.78 is 5.54. The monoisotopic (exact) mass is 286 g/mol. The van der Waals surface area contributed by atoms with Crippen molar-refractivity contribution >= 4 is 22.5 Å². The first-order chi connectivity index (χ1) is 9.78. The molecule has 1 N–H and O–H groups in total. The summed E-state index contributed by atoms with van der Waals surface area (Å²) in [6, 6.07) is 13.8. The summed E-state index contributed by atoms with van der Waals surface area (Å²) in [4.78, 5) is 4.50. The number of hydrogen-bond acceptors (Lipinski definition) is 3. The second-order valence-electron chi connectivity index (χ2n) is 4.59. The molecule has 4 heteroatoms. The molecule has 102 valence electrons. The Labute approximate surface area is 122 Å². The van der Waals surface area contributed by atoms with Crippen molar-refractivity contribution in [1.82, 2.24) is 10.3 Å². The van der Waals surface area contributed by atoms with Gasteiger partial charge in [0.25, 0.3) is 0 Å². The van der Waals surface area contributed by atoms with Crippen LogP contribution in [-0.4, -0.2) is 11.5 Å². The second-order valence-corrected chi connectivity index (χ2v) is 4.97. The normalized spacial score (nSPS) is 12.7. The van der Waals surface area contributed by atoms with E-state index in [1.807, 2.05) is 30.5 Å². The summed E-state index contributed by atoms with van der Waals surface area (Å²) >= 11 is 5.88. The minimum absolute atomic E-state index is 0.0374. The Kier molecular flexibility index (Phi) is 3.72. The van der Waals surface area contributed by atoms with Crippen molar-refractivity contribution in [2.24, 2.45) is 0 Å². The summed E-state index contributed by atoms with van der Waals surface area (Å²) in [7, 11) is 0. The summed E-state index contributed by atoms with van der Waals surface area (Å²) in [5, 5.41) is 4.92. The Bertz CT molecular complexity index is 723. The van der Waals surface area contributed by atoms with Crippen LogP contribution in [0.2, 0.25) is 5.22 Å². The van der Waals surface area contributed by atoms with Crippen molar-refractivity contribution in [3.8, 4) is 0 Å². The van der Waals surface area contributed by atoms with E-state index < -0.39 is 0 Å². The van der Waals surface area contributed by atoms with Crippen LogP contribution in [-0.2, 0) is 0 Å². The van der Waals surface area contributed by atoms with Crippen LogP contribution >= 0.6 is 11.6 Å². The molecule has 0 fully saturated rings. The maximum Gasteiger partial charge on any atom is 0.193 e. The van der Waals surface area contributed by atoms with Gasteiger partial charge in [-0.25, -0.2) is 0 Å². The number of nitrogens with one attached hydrogen (secondary N) is 1. The number of aromatic nitrogens is 1. The van der Waals surface area contributed by atoms with Crippen molar-refractivity contribution in [2.45, 2.75) is 13.0 Å². The van der Waals surface area contributed by atoms with Gasteiger partial charge < -0.3 is 9.73 Å². The van der Waals surface area contributed by atoms with Gasteiger partial charge >= 0.3 is 0 Å². The number of para-hydroxylation sites is 1. The lowest BCUT2D eigenvalue weighted by Gasteiger charge is -2.16. The summed E-state index contributed by atoms with van der Waals surface area (Å²) in [6.07, 6.45) is 1.88. The maximum atomic E-state index is 5.88. The number of pyridine rings is 1. The molecule has 0 bridgehead atoms. The van der Waals surface area contributed by atoms with Gasteiger partial charge in [0.05, 0.1) is 11.6 Å². The molecule has 1 atom stereocenters. The number of rotatable bonds is 4. The number of furan rings is 1. The topological polar surface area (TPSA) is 38.1 Å². The smallest absolute Gasteiger partial charge is 0.193 e. The molecule has 0 aliphatic heterocycles. The van der Waals surface area contributed by atoms with Crippen molar-refractivity contribution in [2.75, 3.05) is 6.54 Å². The summed E-state index contributed by atoms with van der Waals surface area (Å²) in [6.45, 7) is 2.89. The van der Waals surface area contributed by atoms with Gasteiger partial charge in [0.1, 0.15) is 5.76 Å². The Hall–Kier alpha value is -1.84. The number of halogens is 1. The van der Waals surface area contributed by atoms with E-state index in [0.717, 1.165) is 28.8 Å². The highest BCUT2D eigenvalue weighted by Crippen LogP contribution is 2.27. The van der Waals surface area contributed by atoms with E-state index in [2.05, 4.69) is 29.4 Å². The van der Waals surface area contributed by atoms with Gasteiger partial charge in [-0.2, -0.15) is 0 Å². The highest BCUT2D eigenvalue weighted by atomic mass is 35.5. The van der Waals surface area contributed by atoms with Crippen molar-refractivity contribution in [3.63, 3.8) is 0 Å². The van der Waals surface area contributed by atoms with Crippen molar-refractivity contribution in [3.05, 3.63) is 65.2 Å². The standard InChI is InChI=1S/C16H15ClN2O/c1-2-18-16(14-7-8-15(17)20-14)12-9-11-5-3-4-6-13(11)19-10-12/h3-10,16,18H,2H2,1H3. The van der Waals surface area contributed by atoms with Crippen molar-refractivity contribution in [1.29, 1.82) is 0 Å². The third-order valence-corrected chi connectivity index (χ3v) is 3.43. The molecule has 2 aromatic heterocycles. The minimum Gasteiger partial charge on any atom is -0.448 e. The minimum atomic E-state index is -0.0374. The fourth-order valence-corrected chi connectivity index (χ4v) is 2.47. The van der Waals surface area contributed by atoms with Gasteiger partial charge in [-0.1, -0.05) is 25.1 Å². The molecule has 20 heavy (non-hydrogen) atoms. The fourth-order valence-electron chi connectivity index (χ4n) is 2.32. The molecule has 2 heterocycles. The van der Waals surface area contributed by atoms with Crippen LogP contribution in [0.5, 0.6) is 0 Å². The Balaban J connectivity index is 2.04. The second kappa shape index (κ2) is 5.65. The van der Waals surface area contributed by atoms with Crippen LogP contribution in [0.25, 0.3) is 10.9 Å². The van der Waals surface area contributed by atoms with E-state index in [1.165, 1.54) is 0 Å². The highest BCUT2D eigenvalue weighted by Gasteiger charge is 2.17. The van der Waals surface area contributed by atoms with E-state index in [9.17, 15) is 0 Å². The largest absolute Gasteiger partial charge is 0.448 e. The zero-order valence-corrected chi connectivity index (χ0v) is 11.9. The van der Waals surface area contributed by atoms with E-state index in [1.54, 1.807) is 6.07 Å². The molecule has 0 spiro atoms. The van der Waals surface area contributed by atoms with Crippen LogP contribution in [0, 0.1) is 0 Å². The summed E-state index contributed by atoms with van der Waals surface area (Å²) in [5.74, 6) is 0.800. The first-order valence-corrected chi connectivity index (χ1v) is 6.99. The number of nitrogens with zero attached hydrogens (tertiary/aromatic N) is 1. The molecule has 0 aliphatic rings. The molecule has 3 nitrogen and oxygen atoms in total. The molecule has 0 aliphatic carbocycles. The molecule has 0 amide bonds. The van der Waals surface area contributed by atoms with E-state index in [4.69, 9.17) is 16.0 Å². The molecular formula is C16H15ClN2O. The third-order valence-electron chi connectivity index (χ3n) is 3.23. The molecule has 0 saturated heterocycles. The van der Waals surface area contributed by atoms with Gasteiger partial charge in [0, 0.05) is 11.6 Å². The number of fused-ring (bicyclic) bond motifs is 1. The van der Waals surface area contributed by atoms with E-state index in [-0.39, 0.29) is 6.04 Å². The highest BCUT2D eigenvalue weighted by molar-refractivity contribution is 6.28. The zero-order valence-electron chi connectivity index (χ0n) is 11.1. The van der Waals surface area contributed by atoms with Gasteiger partial charge in [-0.05, 0) is 48.0 Å². The molecule has 0 radical (unpaired) electrons. The quantitative estimate of drug-likeness (QED) is 0.782. The number of benzene rings is 1. The van der Waals surface area contributed by atoms with Gasteiger partial charge in [-0.3, -0.25) is 4.98 Å². The van der Waals surface area contributed by atoms with Crippen LogP contribution in [0.4, 0.5) is 0 Å². The van der Waals surface area contributed by atoms with Crippen LogP contribution < -0.4 is 5.32 Å². The SMILES string of the molecule is CCNC(c1cnc2ccccc2c1)c1ccc(Cl)o1. The fraction of sp³-hybridized carbons (Fsp3) is 0.188. The Morgan fingerprint density at radius 1 is 1.25 bits per heavy atom. The molecular weight excluding hydrogens is 272 g/mol. The molecule has 0 saturated carbocycles. The first kappa shape index (κ1) is 13.2. The lowest BCUT2D eigenvalue weighted by atomic mass is 10.0. The molecule has 1 unspecified atom stereocenters. The first-order valence-electron chi connectivity index (χ1n) is 6.61. The molecule has 1 aromatic carbocycles. The number of hydrogen-bond donors (Lipinski definition) is 1. The maximum absolute atomic E-state index is 5.88. The van der Waals surface area contributed by atoms with Crippen LogP contribution in [0.1, 0.15) is 24.3 Å². The predicted molar refractivity (Wildman–Crippen MR) is 81.0 cm³/mol. The average Bonchev–Trinajstić information content (AvgIpc) is 2.90. The third kappa shape index (κ3) is 2.55. The van der Waals surface area contributed by atoms with Gasteiger partial charge in [0.15, 0.2) is 5.22 Å². The van der Waals surface area contributed by atoms with E-state index in [0.29, 0.717) is 5.22 Å². The molecule has 3 aromatic rings. The average molecular weight is 287 g/mol. The Morgan fingerprint density at radius 2 is 2.10 bits per heavy atom. The van der Waals surface area contributed by atoms with Crippen LogP contribution in [0.3, 0.4) is 0 Å². The zero-order chi connectivity index (χ0) is 13.9. The summed E-state index contributed by atoms with van der Waals surface area (Å²) in [5.41, 5.74) is 2.06. The lowest BCUT2D eigenvalue weighted by molar-refractivity contribution is 0.453. The lowest BCUT2D eigenvalue weighted by Crippen LogP contribution is -2.21. The van der Waals surface area contributed by atoms with E-state index >= 15 is 0 Å². The molecule has 3 rings (SSSR count). The predicted octanol–water partition coefficient (Wildman–Crippen LogP) is 4.18. The Morgan fingerprint density at radius 3 is 2.85 bits per heavy atom. The van der Waals surface area contributed by atoms with Crippen molar-refractivity contribution < 1.29 is 4.42 Å². The van der Waals surface area contributed by atoms with Gasteiger partial charge in [-0.15, -0.1) is 0 Å².